The molecule has 0 aliphatic heterocycles. The lowest BCUT2D eigenvalue weighted by atomic mass is 10.4. The molecule has 0 fully saturated rings. The molecule has 1 heterocycles. The molecule has 0 radical (unpaired) electrons. The standard InChI is InChI=1S/C6H8N2O2S/c1-4(8-10)6-7-5(2-9)3-11-6/h3,9-10H,2H2,1H3/b8-4-. The third-order valence-corrected chi connectivity index (χ3v) is 2.17. The monoisotopic (exact) mass is 172 g/mol. The van der Waals surface area contributed by atoms with E-state index in [4.69, 9.17) is 10.3 Å². The van der Waals surface area contributed by atoms with Gasteiger partial charge >= 0.3 is 0 Å². The zero-order chi connectivity index (χ0) is 8.27. The van der Waals surface area contributed by atoms with E-state index in [-0.39, 0.29) is 6.61 Å². The molecule has 0 aromatic carbocycles. The second kappa shape index (κ2) is 3.45. The minimum absolute atomic E-state index is 0.0742. The first-order valence-electron chi connectivity index (χ1n) is 3.02. The highest BCUT2D eigenvalue weighted by molar-refractivity contribution is 7.11. The van der Waals surface area contributed by atoms with Crippen molar-refractivity contribution in [3.05, 3.63) is 16.1 Å². The van der Waals surface area contributed by atoms with Crippen LogP contribution in [0.2, 0.25) is 0 Å². The Morgan fingerprint density at radius 3 is 3.00 bits per heavy atom. The first-order chi connectivity index (χ1) is 5.27. The SMILES string of the molecule is C/C(=N/O)c1nc(CO)cs1. The molecule has 5 heteroatoms. The van der Waals surface area contributed by atoms with Crippen molar-refractivity contribution in [1.82, 2.24) is 4.98 Å². The summed E-state index contributed by atoms with van der Waals surface area (Å²) in [6.45, 7) is 1.58. The molecule has 0 atom stereocenters. The first kappa shape index (κ1) is 8.16. The quantitative estimate of drug-likeness (QED) is 0.394. The van der Waals surface area contributed by atoms with Crippen molar-refractivity contribution < 1.29 is 10.3 Å². The molecule has 0 bridgehead atoms. The molecule has 0 aliphatic carbocycles. The highest BCUT2D eigenvalue weighted by Crippen LogP contribution is 2.10. The lowest BCUT2D eigenvalue weighted by Crippen LogP contribution is -1.93. The lowest BCUT2D eigenvalue weighted by molar-refractivity contribution is 0.277. The number of aliphatic hydroxyl groups excluding tert-OH is 1. The van der Waals surface area contributed by atoms with Crippen molar-refractivity contribution in [2.24, 2.45) is 5.16 Å². The van der Waals surface area contributed by atoms with E-state index >= 15 is 0 Å². The topological polar surface area (TPSA) is 65.7 Å². The molecule has 0 aliphatic rings. The van der Waals surface area contributed by atoms with Gasteiger partial charge in [0.1, 0.15) is 10.7 Å². The van der Waals surface area contributed by atoms with Crippen molar-refractivity contribution in [2.75, 3.05) is 0 Å². The third-order valence-electron chi connectivity index (χ3n) is 1.17. The summed E-state index contributed by atoms with van der Waals surface area (Å²) in [6, 6.07) is 0. The maximum absolute atomic E-state index is 8.65. The van der Waals surface area contributed by atoms with E-state index in [2.05, 4.69) is 10.1 Å². The number of oxime groups is 1. The Balaban J connectivity index is 2.89. The second-order valence-electron chi connectivity index (χ2n) is 1.99. The number of hydrogen-bond acceptors (Lipinski definition) is 5. The molecule has 2 N–H and O–H groups in total. The Labute approximate surface area is 67.8 Å². The Morgan fingerprint density at radius 2 is 2.55 bits per heavy atom. The normalized spacial score (nSPS) is 12.0. The molecular weight excluding hydrogens is 164 g/mol. The molecule has 1 aromatic heterocycles. The first-order valence-corrected chi connectivity index (χ1v) is 3.90. The molecule has 1 aromatic rings. The van der Waals surface area contributed by atoms with Gasteiger partial charge in [-0.15, -0.1) is 11.3 Å². The fraction of sp³-hybridized carbons (Fsp3) is 0.333. The van der Waals surface area contributed by atoms with Crippen LogP contribution in [0.15, 0.2) is 10.5 Å². The highest BCUT2D eigenvalue weighted by atomic mass is 32.1. The molecule has 0 saturated carbocycles. The van der Waals surface area contributed by atoms with Gasteiger partial charge in [-0.1, -0.05) is 5.16 Å². The molecule has 1 rings (SSSR count). The van der Waals surface area contributed by atoms with Crippen molar-refractivity contribution in [3.63, 3.8) is 0 Å². The molecule has 0 saturated heterocycles. The van der Waals surface area contributed by atoms with Gasteiger partial charge in [0.25, 0.3) is 0 Å². The Hall–Kier alpha value is -0.940. The van der Waals surface area contributed by atoms with Gasteiger partial charge in [-0.2, -0.15) is 0 Å². The minimum atomic E-state index is -0.0742. The number of thiazole rings is 1. The number of hydrogen-bond donors (Lipinski definition) is 2. The summed E-state index contributed by atoms with van der Waals surface area (Å²) < 4.78 is 0. The summed E-state index contributed by atoms with van der Waals surface area (Å²) in [7, 11) is 0. The van der Waals surface area contributed by atoms with Crippen LogP contribution in [-0.4, -0.2) is 21.0 Å². The molecule has 0 unspecified atom stereocenters. The maximum Gasteiger partial charge on any atom is 0.141 e. The van der Waals surface area contributed by atoms with Crippen LogP contribution in [0.4, 0.5) is 0 Å². The highest BCUT2D eigenvalue weighted by Gasteiger charge is 2.03. The molecule has 60 valence electrons. The van der Waals surface area contributed by atoms with Crippen LogP contribution in [-0.2, 0) is 6.61 Å². The zero-order valence-electron chi connectivity index (χ0n) is 5.98. The van der Waals surface area contributed by atoms with Gasteiger partial charge in [0.15, 0.2) is 0 Å². The number of aliphatic hydroxyl groups is 1. The predicted octanol–water partition coefficient (Wildman–Crippen LogP) is 0.834. The number of aromatic nitrogens is 1. The maximum atomic E-state index is 8.65. The summed E-state index contributed by atoms with van der Waals surface area (Å²) in [6.07, 6.45) is 0. The smallest absolute Gasteiger partial charge is 0.141 e. The average Bonchev–Trinajstić information content (AvgIpc) is 2.50. The van der Waals surface area contributed by atoms with Gasteiger partial charge in [0.2, 0.25) is 0 Å². The van der Waals surface area contributed by atoms with E-state index in [0.717, 1.165) is 0 Å². The summed E-state index contributed by atoms with van der Waals surface area (Å²) in [4.78, 5) is 3.98. The fourth-order valence-corrected chi connectivity index (χ4v) is 1.34. The van der Waals surface area contributed by atoms with Crippen molar-refractivity contribution in [3.8, 4) is 0 Å². The van der Waals surface area contributed by atoms with E-state index in [9.17, 15) is 0 Å². The lowest BCUT2D eigenvalue weighted by Gasteiger charge is -1.87. The van der Waals surface area contributed by atoms with Gasteiger partial charge in [-0.3, -0.25) is 0 Å². The predicted molar refractivity (Wildman–Crippen MR) is 42.0 cm³/mol. The van der Waals surface area contributed by atoms with Crippen LogP contribution in [0.3, 0.4) is 0 Å². The van der Waals surface area contributed by atoms with E-state index < -0.39 is 0 Å². The largest absolute Gasteiger partial charge is 0.411 e. The number of nitrogens with zero attached hydrogens (tertiary/aromatic N) is 2. The van der Waals surface area contributed by atoms with Crippen LogP contribution in [0.25, 0.3) is 0 Å². The van der Waals surface area contributed by atoms with E-state index in [0.29, 0.717) is 16.4 Å². The van der Waals surface area contributed by atoms with Gasteiger partial charge in [0.05, 0.1) is 12.3 Å². The van der Waals surface area contributed by atoms with Crippen molar-refractivity contribution >= 4 is 17.0 Å². The number of rotatable bonds is 2. The summed E-state index contributed by atoms with van der Waals surface area (Å²) in [5.74, 6) is 0. The van der Waals surface area contributed by atoms with Crippen LogP contribution in [0.5, 0.6) is 0 Å². The Bertz CT molecular complexity index is 269. The van der Waals surface area contributed by atoms with Crippen LogP contribution in [0.1, 0.15) is 17.6 Å². The molecule has 11 heavy (non-hydrogen) atoms. The average molecular weight is 172 g/mol. The van der Waals surface area contributed by atoms with Crippen LogP contribution >= 0.6 is 11.3 Å². The Morgan fingerprint density at radius 1 is 1.82 bits per heavy atom. The van der Waals surface area contributed by atoms with Gasteiger partial charge in [0, 0.05) is 5.38 Å². The van der Waals surface area contributed by atoms with Gasteiger partial charge in [-0.25, -0.2) is 4.98 Å². The Kier molecular flexibility index (Phi) is 2.56. The van der Waals surface area contributed by atoms with E-state index in [1.165, 1.54) is 11.3 Å². The summed E-state index contributed by atoms with van der Waals surface area (Å²) in [5.41, 5.74) is 1.07. The van der Waals surface area contributed by atoms with Gasteiger partial charge in [-0.05, 0) is 6.92 Å². The molecule has 4 nitrogen and oxygen atoms in total. The second-order valence-corrected chi connectivity index (χ2v) is 2.85. The zero-order valence-corrected chi connectivity index (χ0v) is 6.80. The fourth-order valence-electron chi connectivity index (χ4n) is 0.589. The van der Waals surface area contributed by atoms with Gasteiger partial charge < -0.3 is 10.3 Å². The third kappa shape index (κ3) is 1.75. The molecule has 0 amide bonds. The molecule has 0 spiro atoms. The summed E-state index contributed by atoms with van der Waals surface area (Å²) >= 11 is 1.34. The van der Waals surface area contributed by atoms with Crippen LogP contribution in [0, 0.1) is 0 Å². The molecular formula is C6H8N2O2S. The van der Waals surface area contributed by atoms with E-state index in [1.54, 1.807) is 12.3 Å². The van der Waals surface area contributed by atoms with Crippen molar-refractivity contribution in [1.29, 1.82) is 0 Å². The van der Waals surface area contributed by atoms with Crippen LogP contribution < -0.4 is 0 Å². The summed E-state index contributed by atoms with van der Waals surface area (Å²) in [5, 5.41) is 22.4. The van der Waals surface area contributed by atoms with Crippen molar-refractivity contribution in [2.45, 2.75) is 13.5 Å². The van der Waals surface area contributed by atoms with E-state index in [1.807, 2.05) is 0 Å². The minimum Gasteiger partial charge on any atom is -0.411 e.